The van der Waals surface area contributed by atoms with Crippen LogP contribution in [0.4, 0.5) is 0 Å². The van der Waals surface area contributed by atoms with Gasteiger partial charge in [-0.3, -0.25) is 0 Å². The minimum absolute atomic E-state index is 0.126. The summed E-state index contributed by atoms with van der Waals surface area (Å²) in [7, 11) is 0. The Hall–Kier alpha value is -0.910. The zero-order valence-electron chi connectivity index (χ0n) is 9.90. The molecule has 1 aromatic carbocycles. The smallest absolute Gasteiger partial charge is 0.165 e. The molecule has 18 heavy (non-hydrogen) atoms. The zero-order valence-corrected chi connectivity index (χ0v) is 12.2. The van der Waals surface area contributed by atoms with Gasteiger partial charge in [-0.2, -0.15) is 0 Å². The lowest BCUT2D eigenvalue weighted by molar-refractivity contribution is 0.264. The number of aliphatic hydroxyl groups excluding tert-OH is 1. The molecule has 0 aliphatic rings. The fourth-order valence-electron chi connectivity index (χ4n) is 1.78. The number of hydrogen-bond donors (Lipinski definition) is 1. The number of aliphatic hydroxyl groups is 1. The van der Waals surface area contributed by atoms with Gasteiger partial charge in [0.1, 0.15) is 6.61 Å². The van der Waals surface area contributed by atoms with E-state index in [-0.39, 0.29) is 6.61 Å². The van der Waals surface area contributed by atoms with Gasteiger partial charge in [0.15, 0.2) is 11.6 Å². The van der Waals surface area contributed by atoms with Crippen LogP contribution >= 0.6 is 27.5 Å². The van der Waals surface area contributed by atoms with Crippen molar-refractivity contribution in [1.29, 1.82) is 0 Å². The number of nitrogens with zero attached hydrogens (tertiary/aromatic N) is 3. The van der Waals surface area contributed by atoms with Crippen LogP contribution in [0.2, 0.25) is 5.02 Å². The quantitative estimate of drug-likeness (QED) is 0.936. The second-order valence-corrected chi connectivity index (χ2v) is 5.20. The van der Waals surface area contributed by atoms with Crippen molar-refractivity contribution in [3.63, 3.8) is 0 Å². The van der Waals surface area contributed by atoms with Crippen molar-refractivity contribution in [3.05, 3.63) is 33.5 Å². The maximum absolute atomic E-state index is 9.26. The van der Waals surface area contributed by atoms with Gasteiger partial charge in [-0.15, -0.1) is 10.2 Å². The molecule has 1 aromatic heterocycles. The number of halogens is 2. The first kappa shape index (κ1) is 13.5. The van der Waals surface area contributed by atoms with E-state index >= 15 is 0 Å². The first-order valence-corrected chi connectivity index (χ1v) is 6.82. The van der Waals surface area contributed by atoms with Gasteiger partial charge in [0.2, 0.25) is 0 Å². The van der Waals surface area contributed by atoms with E-state index in [1.807, 2.05) is 22.8 Å². The normalized spacial score (nSPS) is 10.9. The summed E-state index contributed by atoms with van der Waals surface area (Å²) in [5.74, 6) is 1.25. The largest absolute Gasteiger partial charge is 0.388 e. The molecule has 0 radical (unpaired) electrons. The molecule has 2 aromatic rings. The summed E-state index contributed by atoms with van der Waals surface area (Å²) in [5.41, 5.74) is 0.812. The molecule has 0 atom stereocenters. The van der Waals surface area contributed by atoms with Crippen LogP contribution in [0.5, 0.6) is 0 Å². The fraction of sp³-hybridized carbons (Fsp3) is 0.333. The standard InChI is InChI=1S/C12H13BrClN3O/c1-2-5-17-11(7-18)15-16-12(17)9-6-8(13)3-4-10(9)14/h3-4,6,18H,2,5,7H2,1H3. The molecular weight excluding hydrogens is 318 g/mol. The minimum atomic E-state index is -0.126. The Bertz CT molecular complexity index is 556. The van der Waals surface area contributed by atoms with Crippen LogP contribution in [-0.4, -0.2) is 19.9 Å². The maximum Gasteiger partial charge on any atom is 0.165 e. The molecule has 0 aliphatic carbocycles. The highest BCUT2D eigenvalue weighted by atomic mass is 79.9. The average molecular weight is 331 g/mol. The van der Waals surface area contributed by atoms with E-state index in [1.54, 1.807) is 0 Å². The molecule has 0 saturated heterocycles. The Morgan fingerprint density at radius 1 is 1.39 bits per heavy atom. The Kier molecular flexibility index (Phi) is 4.37. The molecule has 4 nitrogen and oxygen atoms in total. The van der Waals surface area contributed by atoms with E-state index in [4.69, 9.17) is 11.6 Å². The van der Waals surface area contributed by atoms with Crippen molar-refractivity contribution in [3.8, 4) is 11.4 Å². The molecule has 0 saturated carbocycles. The lowest BCUT2D eigenvalue weighted by Gasteiger charge is -2.09. The highest BCUT2D eigenvalue weighted by Gasteiger charge is 2.15. The summed E-state index contributed by atoms with van der Waals surface area (Å²) in [6.45, 7) is 2.69. The Balaban J connectivity index is 2.56. The molecule has 0 bridgehead atoms. The van der Waals surface area contributed by atoms with E-state index < -0.39 is 0 Å². The van der Waals surface area contributed by atoms with E-state index in [1.165, 1.54) is 0 Å². The zero-order chi connectivity index (χ0) is 13.1. The SMILES string of the molecule is CCCn1c(CO)nnc1-c1cc(Br)ccc1Cl. The molecular formula is C12H13BrClN3O. The van der Waals surface area contributed by atoms with E-state index in [0.717, 1.165) is 23.0 Å². The van der Waals surface area contributed by atoms with Crippen LogP contribution in [-0.2, 0) is 13.2 Å². The third-order valence-electron chi connectivity index (χ3n) is 2.59. The van der Waals surface area contributed by atoms with Crippen LogP contribution in [0.3, 0.4) is 0 Å². The summed E-state index contributed by atoms with van der Waals surface area (Å²) in [6, 6.07) is 5.59. The van der Waals surface area contributed by atoms with Gasteiger partial charge >= 0.3 is 0 Å². The fourth-order valence-corrected chi connectivity index (χ4v) is 2.34. The lowest BCUT2D eigenvalue weighted by Crippen LogP contribution is -2.05. The first-order valence-electron chi connectivity index (χ1n) is 5.65. The van der Waals surface area contributed by atoms with Crippen molar-refractivity contribution in [1.82, 2.24) is 14.8 Å². The van der Waals surface area contributed by atoms with Crippen LogP contribution < -0.4 is 0 Å². The molecule has 0 unspecified atom stereocenters. The number of rotatable bonds is 4. The molecule has 1 N–H and O–H groups in total. The molecule has 2 rings (SSSR count). The van der Waals surface area contributed by atoms with Crippen LogP contribution in [0, 0.1) is 0 Å². The van der Waals surface area contributed by atoms with Gasteiger partial charge in [0, 0.05) is 16.6 Å². The van der Waals surface area contributed by atoms with Crippen molar-refractivity contribution < 1.29 is 5.11 Å². The van der Waals surface area contributed by atoms with E-state index in [9.17, 15) is 5.11 Å². The Morgan fingerprint density at radius 3 is 2.83 bits per heavy atom. The summed E-state index contributed by atoms with van der Waals surface area (Å²) < 4.78 is 2.83. The number of hydrogen-bond acceptors (Lipinski definition) is 3. The topological polar surface area (TPSA) is 50.9 Å². The summed E-state index contributed by atoms with van der Waals surface area (Å²) in [5, 5.41) is 18.0. The van der Waals surface area contributed by atoms with E-state index in [2.05, 4.69) is 33.1 Å². The molecule has 96 valence electrons. The van der Waals surface area contributed by atoms with Crippen molar-refractivity contribution in [2.75, 3.05) is 0 Å². The summed E-state index contributed by atoms with van der Waals surface area (Å²) >= 11 is 9.61. The van der Waals surface area contributed by atoms with Crippen molar-refractivity contribution in [2.45, 2.75) is 26.5 Å². The van der Waals surface area contributed by atoms with Gasteiger partial charge < -0.3 is 9.67 Å². The third kappa shape index (κ3) is 2.58. The highest BCUT2D eigenvalue weighted by Crippen LogP contribution is 2.30. The molecule has 0 spiro atoms. The van der Waals surface area contributed by atoms with Crippen LogP contribution in [0.15, 0.2) is 22.7 Å². The Labute approximate surface area is 119 Å². The van der Waals surface area contributed by atoms with Gasteiger partial charge in [0.05, 0.1) is 5.02 Å². The number of benzene rings is 1. The third-order valence-corrected chi connectivity index (χ3v) is 3.41. The van der Waals surface area contributed by atoms with Crippen LogP contribution in [0.25, 0.3) is 11.4 Å². The van der Waals surface area contributed by atoms with Gasteiger partial charge in [-0.25, -0.2) is 0 Å². The monoisotopic (exact) mass is 329 g/mol. The van der Waals surface area contributed by atoms with Crippen LogP contribution in [0.1, 0.15) is 19.2 Å². The van der Waals surface area contributed by atoms with E-state index in [0.29, 0.717) is 16.7 Å². The van der Waals surface area contributed by atoms with Gasteiger partial charge in [-0.05, 0) is 24.6 Å². The molecule has 0 aliphatic heterocycles. The molecule has 0 fully saturated rings. The second kappa shape index (κ2) is 5.82. The lowest BCUT2D eigenvalue weighted by atomic mass is 10.2. The molecule has 6 heteroatoms. The average Bonchev–Trinajstić information content (AvgIpc) is 2.76. The second-order valence-electron chi connectivity index (χ2n) is 3.87. The van der Waals surface area contributed by atoms with Crippen molar-refractivity contribution >= 4 is 27.5 Å². The highest BCUT2D eigenvalue weighted by molar-refractivity contribution is 9.10. The van der Waals surface area contributed by atoms with Gasteiger partial charge in [-0.1, -0.05) is 34.5 Å². The summed E-state index contributed by atoms with van der Waals surface area (Å²) in [6.07, 6.45) is 0.934. The van der Waals surface area contributed by atoms with Crippen molar-refractivity contribution in [2.24, 2.45) is 0 Å². The predicted molar refractivity (Wildman–Crippen MR) is 74.4 cm³/mol. The predicted octanol–water partition coefficient (Wildman–Crippen LogP) is 3.26. The minimum Gasteiger partial charge on any atom is -0.388 e. The first-order chi connectivity index (χ1) is 8.67. The maximum atomic E-state index is 9.26. The molecule has 0 amide bonds. The van der Waals surface area contributed by atoms with Gasteiger partial charge in [0.25, 0.3) is 0 Å². The molecule has 1 heterocycles. The Morgan fingerprint density at radius 2 is 2.17 bits per heavy atom. The number of aromatic nitrogens is 3. The summed E-state index contributed by atoms with van der Waals surface area (Å²) in [4.78, 5) is 0.